The largest absolute Gasteiger partial charge is 0.493 e. The molecule has 1 heterocycles. The van der Waals surface area contributed by atoms with Crippen LogP contribution >= 0.6 is 0 Å². The van der Waals surface area contributed by atoms with Gasteiger partial charge in [0.15, 0.2) is 0 Å². The summed E-state index contributed by atoms with van der Waals surface area (Å²) in [7, 11) is 0. The molecule has 1 N–H and O–H groups in total. The third kappa shape index (κ3) is 4.49. The van der Waals surface area contributed by atoms with E-state index in [1.54, 1.807) is 6.20 Å². The fourth-order valence-corrected chi connectivity index (χ4v) is 1.20. The van der Waals surface area contributed by atoms with Crippen LogP contribution in [0.1, 0.15) is 19.8 Å². The number of nitrogens with one attached hydrogen (secondary N) is 1. The number of ether oxygens (including phenoxy) is 1. The van der Waals surface area contributed by atoms with Gasteiger partial charge in [-0.15, -0.1) is 6.58 Å². The van der Waals surface area contributed by atoms with Gasteiger partial charge >= 0.3 is 0 Å². The molecule has 0 fully saturated rings. The summed E-state index contributed by atoms with van der Waals surface area (Å²) in [4.78, 5) is 4.17. The van der Waals surface area contributed by atoms with Crippen molar-refractivity contribution in [2.75, 3.05) is 18.5 Å². The lowest BCUT2D eigenvalue weighted by Gasteiger charge is -2.07. The van der Waals surface area contributed by atoms with Crippen molar-refractivity contribution in [1.82, 2.24) is 4.98 Å². The lowest BCUT2D eigenvalue weighted by Crippen LogP contribution is -2.01. The summed E-state index contributed by atoms with van der Waals surface area (Å²) in [5, 5.41) is 3.14. The third-order valence-corrected chi connectivity index (χ3v) is 1.91. The summed E-state index contributed by atoms with van der Waals surface area (Å²) in [6.45, 7) is 7.30. The minimum atomic E-state index is 0.724. The van der Waals surface area contributed by atoms with Gasteiger partial charge in [-0.1, -0.05) is 6.08 Å². The fourth-order valence-electron chi connectivity index (χ4n) is 1.20. The van der Waals surface area contributed by atoms with Gasteiger partial charge in [-0.2, -0.15) is 0 Å². The fraction of sp³-hybridized carbons (Fsp3) is 0.417. The van der Waals surface area contributed by atoms with Crippen molar-refractivity contribution < 1.29 is 4.74 Å². The predicted octanol–water partition coefficient (Wildman–Crippen LogP) is 2.86. The number of rotatable bonds is 7. The Morgan fingerprint density at radius 1 is 1.60 bits per heavy atom. The van der Waals surface area contributed by atoms with Crippen LogP contribution in [0.5, 0.6) is 5.75 Å². The molecular weight excluding hydrogens is 188 g/mol. The zero-order chi connectivity index (χ0) is 10.9. The number of aromatic nitrogens is 1. The van der Waals surface area contributed by atoms with E-state index in [0.29, 0.717) is 0 Å². The molecule has 1 rings (SSSR count). The van der Waals surface area contributed by atoms with Crippen LogP contribution in [-0.2, 0) is 0 Å². The summed E-state index contributed by atoms with van der Waals surface area (Å²) in [5.74, 6) is 1.73. The molecule has 15 heavy (non-hydrogen) atoms. The van der Waals surface area contributed by atoms with Gasteiger partial charge in [0, 0.05) is 18.8 Å². The second-order valence-electron chi connectivity index (χ2n) is 3.19. The van der Waals surface area contributed by atoms with Crippen LogP contribution in [0.25, 0.3) is 0 Å². The van der Waals surface area contributed by atoms with Gasteiger partial charge in [-0.05, 0) is 25.8 Å². The molecule has 0 aliphatic rings. The summed E-state index contributed by atoms with van der Waals surface area (Å²) >= 11 is 0. The van der Waals surface area contributed by atoms with E-state index >= 15 is 0 Å². The van der Waals surface area contributed by atoms with E-state index in [4.69, 9.17) is 4.74 Å². The first-order valence-corrected chi connectivity index (χ1v) is 5.30. The molecule has 0 spiro atoms. The Morgan fingerprint density at radius 3 is 3.20 bits per heavy atom. The lowest BCUT2D eigenvalue weighted by molar-refractivity contribution is 0.312. The third-order valence-electron chi connectivity index (χ3n) is 1.91. The normalized spacial score (nSPS) is 9.67. The lowest BCUT2D eigenvalue weighted by atomic mass is 10.3. The van der Waals surface area contributed by atoms with E-state index in [1.807, 2.05) is 25.1 Å². The first-order valence-electron chi connectivity index (χ1n) is 5.30. The summed E-state index contributed by atoms with van der Waals surface area (Å²) in [5.41, 5.74) is 0. The highest BCUT2D eigenvalue weighted by Gasteiger charge is 1.96. The van der Waals surface area contributed by atoms with E-state index in [0.717, 1.165) is 37.6 Å². The molecule has 82 valence electrons. The summed E-state index contributed by atoms with van der Waals surface area (Å²) < 4.78 is 5.57. The van der Waals surface area contributed by atoms with E-state index in [1.165, 1.54) is 0 Å². The predicted molar refractivity (Wildman–Crippen MR) is 63.3 cm³/mol. The molecule has 0 bridgehead atoms. The minimum absolute atomic E-state index is 0.724. The summed E-state index contributed by atoms with van der Waals surface area (Å²) in [6, 6.07) is 3.78. The Bertz CT molecular complexity index is 299. The average molecular weight is 206 g/mol. The van der Waals surface area contributed by atoms with Gasteiger partial charge in [0.2, 0.25) is 0 Å². The van der Waals surface area contributed by atoms with Gasteiger partial charge in [0.1, 0.15) is 11.6 Å². The van der Waals surface area contributed by atoms with Gasteiger partial charge in [-0.25, -0.2) is 4.98 Å². The number of unbranched alkanes of at least 4 members (excludes halogenated alkanes) is 1. The molecule has 0 unspecified atom stereocenters. The van der Waals surface area contributed by atoms with Crippen LogP contribution in [0, 0.1) is 0 Å². The zero-order valence-corrected chi connectivity index (χ0v) is 9.20. The Labute approximate surface area is 91.2 Å². The highest BCUT2D eigenvalue weighted by molar-refractivity contribution is 5.40. The molecule has 0 saturated heterocycles. The number of hydrogen-bond acceptors (Lipinski definition) is 3. The maximum atomic E-state index is 5.57. The first-order chi connectivity index (χ1) is 7.36. The van der Waals surface area contributed by atoms with E-state index in [-0.39, 0.29) is 0 Å². The smallest absolute Gasteiger partial charge is 0.129 e. The maximum Gasteiger partial charge on any atom is 0.129 e. The number of anilines is 1. The summed E-state index contributed by atoms with van der Waals surface area (Å²) in [6.07, 6.45) is 5.65. The van der Waals surface area contributed by atoms with Gasteiger partial charge in [0.05, 0.1) is 6.61 Å². The van der Waals surface area contributed by atoms with Crippen LogP contribution in [0.2, 0.25) is 0 Å². The molecule has 0 aliphatic heterocycles. The average Bonchev–Trinajstić information content (AvgIpc) is 2.26. The van der Waals surface area contributed by atoms with Crippen molar-refractivity contribution in [1.29, 1.82) is 0 Å². The molecule has 0 atom stereocenters. The molecule has 0 radical (unpaired) electrons. The molecular formula is C12H18N2O. The topological polar surface area (TPSA) is 34.1 Å². The van der Waals surface area contributed by atoms with Crippen LogP contribution in [0.15, 0.2) is 31.0 Å². The molecule has 1 aromatic heterocycles. The van der Waals surface area contributed by atoms with E-state index in [2.05, 4.69) is 16.9 Å². The van der Waals surface area contributed by atoms with Crippen LogP contribution in [0.4, 0.5) is 5.82 Å². The number of pyridine rings is 1. The molecule has 3 nitrogen and oxygen atoms in total. The van der Waals surface area contributed by atoms with Crippen molar-refractivity contribution in [3.8, 4) is 5.75 Å². The monoisotopic (exact) mass is 206 g/mol. The Hall–Kier alpha value is -1.51. The molecule has 1 aromatic rings. The Morgan fingerprint density at radius 2 is 2.47 bits per heavy atom. The second-order valence-corrected chi connectivity index (χ2v) is 3.19. The molecule has 0 aromatic carbocycles. The zero-order valence-electron chi connectivity index (χ0n) is 9.20. The standard InChI is InChI=1S/C12H18N2O/c1-3-5-6-9-15-11-7-8-14-12(10-11)13-4-2/h3,7-8,10H,1,4-6,9H2,2H3,(H,13,14). The van der Waals surface area contributed by atoms with Crippen molar-refractivity contribution in [3.63, 3.8) is 0 Å². The van der Waals surface area contributed by atoms with E-state index in [9.17, 15) is 0 Å². The molecule has 3 heteroatoms. The maximum absolute atomic E-state index is 5.57. The van der Waals surface area contributed by atoms with Crippen LogP contribution in [0.3, 0.4) is 0 Å². The van der Waals surface area contributed by atoms with Crippen molar-refractivity contribution in [2.45, 2.75) is 19.8 Å². The Balaban J connectivity index is 2.39. The minimum Gasteiger partial charge on any atom is -0.493 e. The van der Waals surface area contributed by atoms with Crippen LogP contribution < -0.4 is 10.1 Å². The Kier molecular flexibility index (Phi) is 5.30. The van der Waals surface area contributed by atoms with Crippen molar-refractivity contribution in [3.05, 3.63) is 31.0 Å². The number of hydrogen-bond donors (Lipinski definition) is 1. The second kappa shape index (κ2) is 6.87. The number of nitrogens with zero attached hydrogens (tertiary/aromatic N) is 1. The van der Waals surface area contributed by atoms with Crippen molar-refractivity contribution in [2.24, 2.45) is 0 Å². The molecule has 0 amide bonds. The van der Waals surface area contributed by atoms with Gasteiger partial charge in [0.25, 0.3) is 0 Å². The highest BCUT2D eigenvalue weighted by Crippen LogP contribution is 2.14. The van der Waals surface area contributed by atoms with Crippen molar-refractivity contribution >= 4 is 5.82 Å². The van der Waals surface area contributed by atoms with Gasteiger partial charge < -0.3 is 10.1 Å². The molecule has 0 aliphatic carbocycles. The highest BCUT2D eigenvalue weighted by atomic mass is 16.5. The van der Waals surface area contributed by atoms with Gasteiger partial charge in [-0.3, -0.25) is 0 Å². The SMILES string of the molecule is C=CCCCOc1ccnc(NCC)c1. The first kappa shape index (κ1) is 11.6. The molecule has 0 saturated carbocycles. The quantitative estimate of drug-likeness (QED) is 0.550. The number of allylic oxidation sites excluding steroid dienone is 1. The van der Waals surface area contributed by atoms with Crippen LogP contribution in [-0.4, -0.2) is 18.1 Å². The van der Waals surface area contributed by atoms with E-state index < -0.39 is 0 Å².